The topological polar surface area (TPSA) is 86.3 Å². The third kappa shape index (κ3) is 3.27. The second kappa shape index (κ2) is 6.63. The number of fused-ring (bicyclic) bond motifs is 1. The van der Waals surface area contributed by atoms with Crippen LogP contribution in [0.15, 0.2) is 18.2 Å². The molecule has 2 atom stereocenters. The maximum Gasteiger partial charge on any atom is 0.308 e. The molecule has 6 nitrogen and oxygen atoms in total. The van der Waals surface area contributed by atoms with E-state index < -0.39 is 11.9 Å². The van der Waals surface area contributed by atoms with Crippen molar-refractivity contribution in [3.8, 4) is 0 Å². The number of piperidine rings is 1. The number of aliphatic carboxylic acids is 1. The van der Waals surface area contributed by atoms with Gasteiger partial charge >= 0.3 is 5.97 Å². The molecule has 0 radical (unpaired) electrons. The number of rotatable bonds is 4. The van der Waals surface area contributed by atoms with E-state index in [2.05, 4.69) is 9.97 Å². The van der Waals surface area contributed by atoms with Gasteiger partial charge in [-0.3, -0.25) is 9.59 Å². The van der Waals surface area contributed by atoms with Crippen molar-refractivity contribution in [1.82, 2.24) is 14.9 Å². The largest absolute Gasteiger partial charge is 0.481 e. The van der Waals surface area contributed by atoms with Gasteiger partial charge in [0.05, 0.1) is 17.0 Å². The molecule has 6 heteroatoms. The Labute approximate surface area is 140 Å². The highest BCUT2D eigenvalue weighted by atomic mass is 16.4. The normalized spacial score (nSPS) is 21.2. The third-order valence-corrected chi connectivity index (χ3v) is 4.89. The molecule has 1 saturated heterocycles. The maximum atomic E-state index is 12.5. The van der Waals surface area contributed by atoms with Gasteiger partial charge in [-0.05, 0) is 38.3 Å². The van der Waals surface area contributed by atoms with Gasteiger partial charge in [0.15, 0.2) is 0 Å². The van der Waals surface area contributed by atoms with E-state index >= 15 is 0 Å². The molecule has 1 aromatic heterocycles. The van der Waals surface area contributed by atoms with Crippen molar-refractivity contribution in [2.24, 2.45) is 5.92 Å². The van der Waals surface area contributed by atoms with Crippen LogP contribution in [0.25, 0.3) is 11.0 Å². The maximum absolute atomic E-state index is 12.5. The van der Waals surface area contributed by atoms with E-state index in [1.807, 2.05) is 32.0 Å². The van der Waals surface area contributed by atoms with Gasteiger partial charge in [-0.2, -0.15) is 0 Å². The van der Waals surface area contributed by atoms with E-state index in [0.29, 0.717) is 25.8 Å². The number of H-pyrrole nitrogens is 1. The number of nitrogens with one attached hydrogen (secondary N) is 1. The summed E-state index contributed by atoms with van der Waals surface area (Å²) in [7, 11) is 0. The number of carbonyl (C=O) groups is 2. The second-order valence-corrected chi connectivity index (χ2v) is 6.66. The standard InChI is InChI=1S/C18H23N3O3/c1-11-4-3-5-14-17(11)20-15(19-14)8-9-16(22)21-10-13(18(23)24)7-6-12(21)2/h3-5,12-13H,6-10H2,1-2H3,(H,19,20)(H,23,24). The number of nitrogens with zero attached hydrogens (tertiary/aromatic N) is 2. The van der Waals surface area contributed by atoms with Gasteiger partial charge < -0.3 is 15.0 Å². The van der Waals surface area contributed by atoms with Crippen LogP contribution >= 0.6 is 0 Å². The zero-order chi connectivity index (χ0) is 17.3. The zero-order valence-electron chi connectivity index (χ0n) is 14.1. The van der Waals surface area contributed by atoms with Crippen molar-refractivity contribution < 1.29 is 14.7 Å². The predicted octanol–water partition coefficient (Wildman–Crippen LogP) is 2.52. The van der Waals surface area contributed by atoms with Crippen LogP contribution in [0.1, 0.15) is 37.6 Å². The van der Waals surface area contributed by atoms with Crippen LogP contribution < -0.4 is 0 Å². The molecule has 1 aromatic carbocycles. The molecule has 2 heterocycles. The SMILES string of the molecule is Cc1cccc2[nH]c(CCC(=O)N3CC(C(=O)O)CCC3C)nc12. The first-order chi connectivity index (χ1) is 11.5. The Morgan fingerprint density at radius 2 is 2.17 bits per heavy atom. The number of carboxylic acid groups (broad SMARTS) is 1. The van der Waals surface area contributed by atoms with Crippen molar-refractivity contribution in [2.75, 3.05) is 6.54 Å². The van der Waals surface area contributed by atoms with Crippen molar-refractivity contribution >= 4 is 22.9 Å². The fourth-order valence-corrected chi connectivity index (χ4v) is 3.37. The van der Waals surface area contributed by atoms with E-state index in [4.69, 9.17) is 0 Å². The van der Waals surface area contributed by atoms with E-state index in [9.17, 15) is 14.7 Å². The van der Waals surface area contributed by atoms with Crippen LogP contribution in [-0.2, 0) is 16.0 Å². The fraction of sp³-hybridized carbons (Fsp3) is 0.500. The zero-order valence-corrected chi connectivity index (χ0v) is 14.1. The quantitative estimate of drug-likeness (QED) is 0.902. The molecule has 128 valence electrons. The van der Waals surface area contributed by atoms with Gasteiger partial charge in [-0.1, -0.05) is 12.1 Å². The average molecular weight is 329 g/mol. The Morgan fingerprint density at radius 1 is 1.38 bits per heavy atom. The number of hydrogen-bond donors (Lipinski definition) is 2. The molecule has 0 aliphatic carbocycles. The third-order valence-electron chi connectivity index (χ3n) is 4.89. The molecule has 24 heavy (non-hydrogen) atoms. The minimum Gasteiger partial charge on any atom is -0.481 e. The number of carboxylic acids is 1. The number of hydrogen-bond acceptors (Lipinski definition) is 3. The summed E-state index contributed by atoms with van der Waals surface area (Å²) in [6, 6.07) is 6.07. The van der Waals surface area contributed by atoms with Gasteiger partial charge in [-0.15, -0.1) is 0 Å². The molecule has 0 spiro atoms. The Morgan fingerprint density at radius 3 is 2.88 bits per heavy atom. The fourth-order valence-electron chi connectivity index (χ4n) is 3.37. The van der Waals surface area contributed by atoms with Crippen LogP contribution in [0, 0.1) is 12.8 Å². The van der Waals surface area contributed by atoms with E-state index in [1.54, 1.807) is 4.90 Å². The predicted molar refractivity (Wildman–Crippen MR) is 90.7 cm³/mol. The van der Waals surface area contributed by atoms with Crippen LogP contribution in [0.3, 0.4) is 0 Å². The molecule has 1 fully saturated rings. The molecule has 1 amide bonds. The number of aromatic amines is 1. The lowest BCUT2D eigenvalue weighted by Gasteiger charge is -2.36. The molecule has 0 bridgehead atoms. The van der Waals surface area contributed by atoms with Crippen molar-refractivity contribution in [3.05, 3.63) is 29.6 Å². The molecule has 1 aliphatic rings. The number of amides is 1. The lowest BCUT2D eigenvalue weighted by Crippen LogP contribution is -2.47. The summed E-state index contributed by atoms with van der Waals surface area (Å²) >= 11 is 0. The van der Waals surface area contributed by atoms with Crippen LogP contribution in [0.5, 0.6) is 0 Å². The minimum atomic E-state index is -0.813. The van der Waals surface area contributed by atoms with Gasteiger partial charge in [0.25, 0.3) is 0 Å². The number of likely N-dealkylation sites (tertiary alicyclic amines) is 1. The number of para-hydroxylation sites is 1. The Kier molecular flexibility index (Phi) is 4.55. The number of carbonyl (C=O) groups excluding carboxylic acids is 1. The number of imidazole rings is 1. The van der Waals surface area contributed by atoms with E-state index in [0.717, 1.165) is 28.8 Å². The minimum absolute atomic E-state index is 0.00521. The number of aryl methyl sites for hydroxylation is 2. The molecule has 1 aliphatic heterocycles. The van der Waals surface area contributed by atoms with Crippen molar-refractivity contribution in [1.29, 1.82) is 0 Å². The summed E-state index contributed by atoms with van der Waals surface area (Å²) in [4.78, 5) is 33.3. The highest BCUT2D eigenvalue weighted by molar-refractivity contribution is 5.80. The van der Waals surface area contributed by atoms with Crippen molar-refractivity contribution in [2.45, 2.75) is 45.6 Å². The van der Waals surface area contributed by atoms with Gasteiger partial charge in [0, 0.05) is 25.4 Å². The van der Waals surface area contributed by atoms with E-state index in [1.165, 1.54) is 0 Å². The van der Waals surface area contributed by atoms with Crippen molar-refractivity contribution in [3.63, 3.8) is 0 Å². The molecule has 3 rings (SSSR count). The summed E-state index contributed by atoms with van der Waals surface area (Å²) in [5.41, 5.74) is 3.03. The highest BCUT2D eigenvalue weighted by Gasteiger charge is 2.32. The van der Waals surface area contributed by atoms with Crippen LogP contribution in [0.4, 0.5) is 0 Å². The smallest absolute Gasteiger partial charge is 0.308 e. The molecular weight excluding hydrogens is 306 g/mol. The van der Waals surface area contributed by atoms with Gasteiger partial charge in [-0.25, -0.2) is 4.98 Å². The Balaban J connectivity index is 1.65. The van der Waals surface area contributed by atoms with Crippen LogP contribution in [-0.4, -0.2) is 44.4 Å². The summed E-state index contributed by atoms with van der Waals surface area (Å²) in [6.45, 7) is 4.31. The highest BCUT2D eigenvalue weighted by Crippen LogP contribution is 2.23. The molecule has 2 unspecified atom stereocenters. The Hall–Kier alpha value is -2.37. The summed E-state index contributed by atoms with van der Waals surface area (Å²) in [5.74, 6) is -0.454. The number of benzene rings is 1. The molecule has 2 aromatic rings. The first-order valence-corrected chi connectivity index (χ1v) is 8.42. The van der Waals surface area contributed by atoms with Gasteiger partial charge in [0.1, 0.15) is 5.82 Å². The monoisotopic (exact) mass is 329 g/mol. The van der Waals surface area contributed by atoms with E-state index in [-0.39, 0.29) is 11.9 Å². The number of aromatic nitrogens is 2. The Bertz CT molecular complexity index is 768. The summed E-state index contributed by atoms with van der Waals surface area (Å²) in [6.07, 6.45) is 2.26. The molecule has 2 N–H and O–H groups in total. The lowest BCUT2D eigenvalue weighted by atomic mass is 9.93. The van der Waals surface area contributed by atoms with Gasteiger partial charge in [0.2, 0.25) is 5.91 Å². The van der Waals surface area contributed by atoms with Crippen LogP contribution in [0.2, 0.25) is 0 Å². The molecular formula is C18H23N3O3. The molecule has 0 saturated carbocycles. The lowest BCUT2D eigenvalue weighted by molar-refractivity contribution is -0.147. The first kappa shape index (κ1) is 16.5. The summed E-state index contributed by atoms with van der Waals surface area (Å²) < 4.78 is 0. The second-order valence-electron chi connectivity index (χ2n) is 6.66. The summed E-state index contributed by atoms with van der Waals surface area (Å²) in [5, 5.41) is 9.19. The average Bonchev–Trinajstić information content (AvgIpc) is 2.97. The first-order valence-electron chi connectivity index (χ1n) is 8.42.